The van der Waals surface area contributed by atoms with Gasteiger partial charge in [0.1, 0.15) is 5.75 Å². The molecule has 0 amide bonds. The van der Waals surface area contributed by atoms with Gasteiger partial charge in [0.05, 0.1) is 7.11 Å². The van der Waals surface area contributed by atoms with Gasteiger partial charge in [0.15, 0.2) is 0 Å². The fourth-order valence-corrected chi connectivity index (χ4v) is 4.27. The van der Waals surface area contributed by atoms with Gasteiger partial charge in [-0.2, -0.15) is 0 Å². The molecular formula is C21H28O. The topological polar surface area (TPSA) is 9.23 Å². The first-order valence-electron chi connectivity index (χ1n) is 8.56. The van der Waals surface area contributed by atoms with Gasteiger partial charge < -0.3 is 4.74 Å². The van der Waals surface area contributed by atoms with Gasteiger partial charge in [0.2, 0.25) is 0 Å². The molecule has 0 heterocycles. The van der Waals surface area contributed by atoms with Gasteiger partial charge in [0, 0.05) is 0 Å². The average molecular weight is 296 g/mol. The van der Waals surface area contributed by atoms with E-state index in [9.17, 15) is 0 Å². The third kappa shape index (κ3) is 2.86. The highest BCUT2D eigenvalue weighted by atomic mass is 16.5. The monoisotopic (exact) mass is 296 g/mol. The van der Waals surface area contributed by atoms with Gasteiger partial charge in [-0.3, -0.25) is 0 Å². The highest BCUT2D eigenvalue weighted by molar-refractivity contribution is 5.67. The lowest BCUT2D eigenvalue weighted by Crippen LogP contribution is -2.26. The molecule has 22 heavy (non-hydrogen) atoms. The van der Waals surface area contributed by atoms with E-state index in [1.165, 1.54) is 49.7 Å². The van der Waals surface area contributed by atoms with Crippen molar-refractivity contribution in [2.24, 2.45) is 11.3 Å². The van der Waals surface area contributed by atoms with Gasteiger partial charge in [-0.05, 0) is 73.1 Å². The van der Waals surface area contributed by atoms with E-state index < -0.39 is 0 Å². The summed E-state index contributed by atoms with van der Waals surface area (Å²) in [6.45, 7) is 9.29. The van der Waals surface area contributed by atoms with Crippen molar-refractivity contribution >= 4 is 5.57 Å². The Hall–Kier alpha value is -1.50. The minimum absolute atomic E-state index is 0.390. The highest BCUT2D eigenvalue weighted by Gasteiger charge is 2.34. The summed E-state index contributed by atoms with van der Waals surface area (Å²) in [6.07, 6.45) is 7.77. The Labute approximate surface area is 135 Å². The van der Waals surface area contributed by atoms with E-state index in [0.717, 1.165) is 5.75 Å². The summed E-state index contributed by atoms with van der Waals surface area (Å²) in [5.41, 5.74) is 6.40. The van der Waals surface area contributed by atoms with Crippen molar-refractivity contribution in [3.05, 3.63) is 47.6 Å². The molecule has 3 rings (SSSR count). The van der Waals surface area contributed by atoms with E-state index in [1.807, 2.05) is 6.07 Å². The van der Waals surface area contributed by atoms with Gasteiger partial charge in [-0.15, -0.1) is 0 Å². The quantitative estimate of drug-likeness (QED) is 0.620. The van der Waals surface area contributed by atoms with Crippen molar-refractivity contribution in [3.63, 3.8) is 0 Å². The summed E-state index contributed by atoms with van der Waals surface area (Å²) in [6, 6.07) is 8.36. The summed E-state index contributed by atoms with van der Waals surface area (Å²) in [5.74, 6) is 1.51. The van der Waals surface area contributed by atoms with Gasteiger partial charge >= 0.3 is 0 Å². The molecule has 0 N–H and O–H groups in total. The van der Waals surface area contributed by atoms with Crippen LogP contribution in [-0.4, -0.2) is 7.11 Å². The minimum Gasteiger partial charge on any atom is -0.497 e. The fourth-order valence-electron chi connectivity index (χ4n) is 4.27. The molecule has 0 bridgehead atoms. The molecule has 118 valence electrons. The largest absolute Gasteiger partial charge is 0.497 e. The average Bonchev–Trinajstić information content (AvgIpc) is 2.54. The van der Waals surface area contributed by atoms with Crippen LogP contribution in [0.1, 0.15) is 57.9 Å². The summed E-state index contributed by atoms with van der Waals surface area (Å²) in [4.78, 5) is 0. The van der Waals surface area contributed by atoms with Crippen molar-refractivity contribution in [2.45, 2.75) is 52.4 Å². The molecule has 0 aromatic heterocycles. The SMILES string of the molecule is C=C(c1cccc(OC)c1)C1CCC2=C(C1)C(C)(C)CCC2. The lowest BCUT2D eigenvalue weighted by Gasteiger charge is -2.41. The lowest BCUT2D eigenvalue weighted by atomic mass is 9.64. The van der Waals surface area contributed by atoms with Gasteiger partial charge in [-0.1, -0.05) is 43.7 Å². The van der Waals surface area contributed by atoms with Crippen molar-refractivity contribution in [3.8, 4) is 5.75 Å². The zero-order valence-corrected chi connectivity index (χ0v) is 14.2. The molecule has 1 aromatic carbocycles. The molecule has 0 saturated carbocycles. The van der Waals surface area contributed by atoms with E-state index in [-0.39, 0.29) is 0 Å². The van der Waals surface area contributed by atoms with Crippen LogP contribution in [0.15, 0.2) is 42.0 Å². The standard InChI is InChI=1S/C21H28O/c1-15(17-7-5-9-19(13-17)22-4)18-11-10-16-8-6-12-21(2,3)20(16)14-18/h5,7,9,13,18H,1,6,8,10-12,14H2,2-4H3. The Morgan fingerprint density at radius 1 is 1.27 bits per heavy atom. The summed E-state index contributed by atoms with van der Waals surface area (Å²) in [7, 11) is 1.73. The predicted octanol–water partition coefficient (Wildman–Crippen LogP) is 6.02. The second-order valence-electron chi connectivity index (χ2n) is 7.52. The third-order valence-corrected chi connectivity index (χ3v) is 5.70. The first-order valence-corrected chi connectivity index (χ1v) is 8.56. The maximum absolute atomic E-state index is 5.36. The summed E-state index contributed by atoms with van der Waals surface area (Å²) < 4.78 is 5.36. The molecule has 0 radical (unpaired) electrons. The molecular weight excluding hydrogens is 268 g/mol. The Bertz CT molecular complexity index is 606. The molecule has 0 fully saturated rings. The van der Waals surface area contributed by atoms with Crippen molar-refractivity contribution in [1.82, 2.24) is 0 Å². The number of benzene rings is 1. The number of hydrogen-bond acceptors (Lipinski definition) is 1. The second kappa shape index (κ2) is 5.95. The van der Waals surface area contributed by atoms with Gasteiger partial charge in [0.25, 0.3) is 0 Å². The maximum atomic E-state index is 5.36. The van der Waals surface area contributed by atoms with Crippen LogP contribution in [0.5, 0.6) is 5.75 Å². The van der Waals surface area contributed by atoms with Crippen LogP contribution >= 0.6 is 0 Å². The van der Waals surface area contributed by atoms with Crippen molar-refractivity contribution in [1.29, 1.82) is 0 Å². The predicted molar refractivity (Wildman–Crippen MR) is 94.0 cm³/mol. The van der Waals surface area contributed by atoms with E-state index >= 15 is 0 Å². The Morgan fingerprint density at radius 3 is 2.86 bits per heavy atom. The molecule has 1 aromatic rings. The molecule has 0 saturated heterocycles. The molecule has 1 unspecified atom stereocenters. The summed E-state index contributed by atoms with van der Waals surface area (Å²) in [5, 5.41) is 0. The molecule has 1 heteroatoms. The third-order valence-electron chi connectivity index (χ3n) is 5.70. The minimum atomic E-state index is 0.390. The smallest absolute Gasteiger partial charge is 0.119 e. The van der Waals surface area contributed by atoms with Crippen LogP contribution in [0.25, 0.3) is 5.57 Å². The first-order chi connectivity index (χ1) is 10.5. The van der Waals surface area contributed by atoms with Crippen molar-refractivity contribution < 1.29 is 4.74 Å². The molecule has 1 atom stereocenters. The summed E-state index contributed by atoms with van der Waals surface area (Å²) >= 11 is 0. The van der Waals surface area contributed by atoms with Crippen LogP contribution in [0, 0.1) is 11.3 Å². The molecule has 1 nitrogen and oxygen atoms in total. The normalized spacial score (nSPS) is 23.9. The number of hydrogen-bond donors (Lipinski definition) is 0. The first kappa shape index (κ1) is 15.4. The van der Waals surface area contributed by atoms with Crippen LogP contribution in [0.4, 0.5) is 0 Å². The zero-order chi connectivity index (χ0) is 15.7. The van der Waals surface area contributed by atoms with E-state index in [2.05, 4.69) is 38.6 Å². The van der Waals surface area contributed by atoms with Crippen LogP contribution in [0.2, 0.25) is 0 Å². The molecule has 0 aliphatic heterocycles. The maximum Gasteiger partial charge on any atom is 0.119 e. The number of ether oxygens (including phenoxy) is 1. The Morgan fingerprint density at radius 2 is 2.09 bits per heavy atom. The van der Waals surface area contributed by atoms with Gasteiger partial charge in [-0.25, -0.2) is 0 Å². The zero-order valence-electron chi connectivity index (χ0n) is 14.2. The molecule has 2 aliphatic carbocycles. The Balaban J connectivity index is 1.82. The fraction of sp³-hybridized carbons (Fsp3) is 0.524. The number of allylic oxidation sites excluding steroid dienone is 3. The van der Waals surface area contributed by atoms with Crippen LogP contribution in [0.3, 0.4) is 0 Å². The van der Waals surface area contributed by atoms with Crippen LogP contribution in [-0.2, 0) is 0 Å². The van der Waals surface area contributed by atoms with Crippen LogP contribution < -0.4 is 4.74 Å². The Kier molecular flexibility index (Phi) is 4.16. The highest BCUT2D eigenvalue weighted by Crippen LogP contribution is 2.50. The van der Waals surface area contributed by atoms with E-state index in [4.69, 9.17) is 4.74 Å². The van der Waals surface area contributed by atoms with Crippen molar-refractivity contribution in [2.75, 3.05) is 7.11 Å². The second-order valence-corrected chi connectivity index (χ2v) is 7.52. The number of methoxy groups -OCH3 is 1. The molecule has 0 spiro atoms. The van der Waals surface area contributed by atoms with E-state index in [1.54, 1.807) is 18.3 Å². The van der Waals surface area contributed by atoms with E-state index in [0.29, 0.717) is 11.3 Å². The lowest BCUT2D eigenvalue weighted by molar-refractivity contribution is 0.322. The molecule has 2 aliphatic rings. The number of rotatable bonds is 3.